The average molecular weight is 460 g/mol. The highest BCUT2D eigenvalue weighted by molar-refractivity contribution is 6.30. The van der Waals surface area contributed by atoms with Crippen LogP contribution in [0.3, 0.4) is 0 Å². The lowest BCUT2D eigenvalue weighted by molar-refractivity contribution is -0.126. The number of urea groups is 1. The van der Waals surface area contributed by atoms with Crippen molar-refractivity contribution in [1.29, 1.82) is 0 Å². The monoisotopic (exact) mass is 459 g/mol. The van der Waals surface area contributed by atoms with Gasteiger partial charge in [-0.05, 0) is 36.4 Å². The van der Waals surface area contributed by atoms with Crippen LogP contribution < -0.4 is 16.0 Å². The summed E-state index contributed by atoms with van der Waals surface area (Å²) in [6.45, 7) is 0.818. The third-order valence-corrected chi connectivity index (χ3v) is 5.82. The van der Waals surface area contributed by atoms with Crippen LogP contribution in [-0.2, 0) is 19.9 Å². The van der Waals surface area contributed by atoms with Gasteiger partial charge in [-0.3, -0.25) is 14.6 Å². The summed E-state index contributed by atoms with van der Waals surface area (Å²) in [5.41, 5.74) is 5.31. The number of pyridine rings is 1. The second kappa shape index (κ2) is 8.73. The van der Waals surface area contributed by atoms with Crippen LogP contribution in [0.2, 0.25) is 5.02 Å². The number of hydrogen-bond donors (Lipinski definition) is 3. The molecule has 11 heteroatoms. The zero-order valence-corrected chi connectivity index (χ0v) is 17.8. The van der Waals surface area contributed by atoms with Gasteiger partial charge in [-0.1, -0.05) is 11.6 Å². The van der Waals surface area contributed by atoms with E-state index in [4.69, 9.17) is 22.1 Å². The van der Waals surface area contributed by atoms with Crippen molar-refractivity contribution < 1.29 is 24.2 Å². The van der Waals surface area contributed by atoms with Crippen LogP contribution in [0.4, 0.5) is 16.2 Å². The lowest BCUT2D eigenvalue weighted by Gasteiger charge is -2.35. The number of rotatable bonds is 4. The maximum Gasteiger partial charge on any atom is 0.316 e. The van der Waals surface area contributed by atoms with E-state index < -0.39 is 23.6 Å². The van der Waals surface area contributed by atoms with Gasteiger partial charge in [0.1, 0.15) is 6.61 Å². The van der Waals surface area contributed by atoms with Crippen LogP contribution in [0.5, 0.6) is 0 Å². The number of aliphatic hydroxyl groups excluding tert-OH is 1. The van der Waals surface area contributed by atoms with Gasteiger partial charge in [-0.25, -0.2) is 4.79 Å². The van der Waals surface area contributed by atoms with E-state index in [1.807, 2.05) is 0 Å². The number of morpholine rings is 1. The average Bonchev–Trinajstić information content (AvgIpc) is 3.14. The number of nitrogens with one attached hydrogen (secondary N) is 1. The number of primary amides is 1. The lowest BCUT2D eigenvalue weighted by atomic mass is 9.89. The number of aliphatic hydroxyl groups is 1. The van der Waals surface area contributed by atoms with Crippen LogP contribution in [0.15, 0.2) is 42.6 Å². The third kappa shape index (κ3) is 3.99. The number of nitrogens with two attached hydrogens (primary N) is 1. The smallest absolute Gasteiger partial charge is 0.316 e. The van der Waals surface area contributed by atoms with Crippen molar-refractivity contribution in [2.24, 2.45) is 5.73 Å². The molecule has 4 amide bonds. The molecule has 0 radical (unpaired) electrons. The maximum atomic E-state index is 13.5. The van der Waals surface area contributed by atoms with E-state index in [0.29, 0.717) is 29.5 Å². The second-order valence-electron chi connectivity index (χ2n) is 7.63. The first kappa shape index (κ1) is 22.0. The third-order valence-electron chi connectivity index (χ3n) is 5.60. The molecule has 3 heterocycles. The highest BCUT2D eigenvalue weighted by Crippen LogP contribution is 2.39. The Balaban J connectivity index is 1.63. The quantitative estimate of drug-likeness (QED) is 0.625. The minimum atomic E-state index is -1.60. The molecular formula is C21H22ClN5O5. The van der Waals surface area contributed by atoms with Crippen molar-refractivity contribution >= 4 is 40.8 Å². The molecule has 2 aliphatic heterocycles. The minimum absolute atomic E-state index is 0.0282. The Morgan fingerprint density at radius 3 is 2.62 bits per heavy atom. The summed E-state index contributed by atoms with van der Waals surface area (Å²) in [6, 6.07) is 8.95. The van der Waals surface area contributed by atoms with Gasteiger partial charge in [-0.15, -0.1) is 0 Å². The van der Waals surface area contributed by atoms with Crippen molar-refractivity contribution in [3.8, 4) is 0 Å². The van der Waals surface area contributed by atoms with Crippen LogP contribution in [0, 0.1) is 0 Å². The SMILES string of the molecule is NC(=O)N1C[C@H](O)C[C@]1(C(=O)Nc1ccc(N2CCOCC2=O)cc1)c1ccc(Cl)cn1. The topological polar surface area (TPSA) is 138 Å². The fourth-order valence-electron chi connectivity index (χ4n) is 4.11. The molecule has 0 aliphatic carbocycles. The number of nitrogens with zero attached hydrogens (tertiary/aromatic N) is 3. The standard InChI is InChI=1S/C21H22ClN5O5/c22-13-1-6-17(24-10-13)21(9-16(28)11-27(21)20(23)31)19(30)25-14-2-4-15(5-3-14)26-7-8-32-12-18(26)29/h1-6,10,16,28H,7-9,11-12H2,(H2,23,31)(H,25,30)/t16-,21-/m1/s1. The molecule has 2 fully saturated rings. The van der Waals surface area contributed by atoms with Gasteiger partial charge in [0.15, 0.2) is 5.54 Å². The second-order valence-corrected chi connectivity index (χ2v) is 8.06. The van der Waals surface area contributed by atoms with Gasteiger partial charge < -0.3 is 30.7 Å². The molecule has 168 valence electrons. The van der Waals surface area contributed by atoms with E-state index in [1.165, 1.54) is 12.3 Å². The fourth-order valence-corrected chi connectivity index (χ4v) is 4.22. The molecule has 4 rings (SSSR count). The van der Waals surface area contributed by atoms with E-state index in [1.54, 1.807) is 35.2 Å². The predicted octanol–water partition coefficient (Wildman–Crippen LogP) is 1.08. The Labute approximate surface area is 188 Å². The van der Waals surface area contributed by atoms with Crippen molar-refractivity contribution in [3.63, 3.8) is 0 Å². The van der Waals surface area contributed by atoms with E-state index in [2.05, 4.69) is 10.3 Å². The largest absolute Gasteiger partial charge is 0.391 e. The number of carbonyl (C=O) groups excluding carboxylic acids is 3. The number of ether oxygens (including phenoxy) is 1. The minimum Gasteiger partial charge on any atom is -0.391 e. The Bertz CT molecular complexity index is 1030. The Hall–Kier alpha value is -3.21. The van der Waals surface area contributed by atoms with Crippen molar-refractivity contribution in [2.45, 2.75) is 18.1 Å². The molecule has 0 saturated carbocycles. The Morgan fingerprint density at radius 2 is 2.00 bits per heavy atom. The first-order chi connectivity index (χ1) is 15.3. The van der Waals surface area contributed by atoms with Gasteiger partial charge in [0.2, 0.25) is 0 Å². The Morgan fingerprint density at radius 1 is 1.25 bits per heavy atom. The van der Waals surface area contributed by atoms with Crippen LogP contribution in [-0.4, -0.2) is 65.2 Å². The summed E-state index contributed by atoms with van der Waals surface area (Å²) >= 11 is 5.94. The summed E-state index contributed by atoms with van der Waals surface area (Å²) in [6.07, 6.45) is 0.334. The number of likely N-dealkylation sites (tertiary alicyclic amines) is 1. The van der Waals surface area contributed by atoms with Crippen LogP contribution in [0.1, 0.15) is 12.1 Å². The molecule has 0 bridgehead atoms. The summed E-state index contributed by atoms with van der Waals surface area (Å²) in [4.78, 5) is 44.6. The van der Waals surface area contributed by atoms with Gasteiger partial charge >= 0.3 is 6.03 Å². The highest BCUT2D eigenvalue weighted by atomic mass is 35.5. The molecule has 0 unspecified atom stereocenters. The zero-order valence-electron chi connectivity index (χ0n) is 17.0. The van der Waals surface area contributed by atoms with E-state index in [-0.39, 0.29) is 31.2 Å². The number of hydrogen-bond acceptors (Lipinski definition) is 6. The maximum absolute atomic E-state index is 13.5. The number of β-amino-alcohol motifs (C(OH)–C–C–N with tert-alkyl or cyclic N) is 1. The van der Waals surface area contributed by atoms with Gasteiger partial charge in [-0.2, -0.15) is 0 Å². The normalized spacial score (nSPS) is 23.3. The Kier molecular flexibility index (Phi) is 6.00. The lowest BCUT2D eigenvalue weighted by Crippen LogP contribution is -2.55. The number of benzene rings is 1. The van der Waals surface area contributed by atoms with Crippen molar-refractivity contribution in [1.82, 2.24) is 9.88 Å². The number of halogens is 1. The van der Waals surface area contributed by atoms with Gasteiger partial charge in [0, 0.05) is 37.1 Å². The molecular weight excluding hydrogens is 438 g/mol. The molecule has 1 aromatic heterocycles. The molecule has 10 nitrogen and oxygen atoms in total. The summed E-state index contributed by atoms with van der Waals surface area (Å²) in [5, 5.41) is 13.4. The van der Waals surface area contributed by atoms with E-state index in [0.717, 1.165) is 4.90 Å². The first-order valence-corrected chi connectivity index (χ1v) is 10.4. The molecule has 2 aromatic rings. The van der Waals surface area contributed by atoms with E-state index in [9.17, 15) is 19.5 Å². The fraction of sp³-hybridized carbons (Fsp3) is 0.333. The number of amides is 4. The number of carbonyl (C=O) groups is 3. The van der Waals surface area contributed by atoms with E-state index >= 15 is 0 Å². The molecule has 4 N–H and O–H groups in total. The molecule has 0 spiro atoms. The molecule has 32 heavy (non-hydrogen) atoms. The van der Waals surface area contributed by atoms with Gasteiger partial charge in [0.25, 0.3) is 11.8 Å². The molecule has 1 aromatic carbocycles. The summed E-state index contributed by atoms with van der Waals surface area (Å²) < 4.78 is 5.14. The number of aromatic nitrogens is 1. The van der Waals surface area contributed by atoms with Gasteiger partial charge in [0.05, 0.1) is 23.4 Å². The molecule has 2 aliphatic rings. The summed E-state index contributed by atoms with van der Waals surface area (Å²) in [5.74, 6) is -0.712. The zero-order chi connectivity index (χ0) is 22.9. The van der Waals surface area contributed by atoms with Crippen molar-refractivity contribution in [3.05, 3.63) is 53.3 Å². The molecule has 2 atom stereocenters. The number of anilines is 2. The van der Waals surface area contributed by atoms with Crippen molar-refractivity contribution in [2.75, 3.05) is 36.5 Å². The summed E-state index contributed by atoms with van der Waals surface area (Å²) in [7, 11) is 0. The van der Waals surface area contributed by atoms with Crippen LogP contribution >= 0.6 is 11.6 Å². The highest BCUT2D eigenvalue weighted by Gasteiger charge is 2.55. The predicted molar refractivity (Wildman–Crippen MR) is 116 cm³/mol. The first-order valence-electron chi connectivity index (χ1n) is 9.98. The van der Waals surface area contributed by atoms with Crippen LogP contribution in [0.25, 0.3) is 0 Å². The molecule has 2 saturated heterocycles.